The topological polar surface area (TPSA) is 79.4 Å². The fourth-order valence-corrected chi connectivity index (χ4v) is 1.70. The van der Waals surface area contributed by atoms with Crippen LogP contribution in [0.1, 0.15) is 35.8 Å². The summed E-state index contributed by atoms with van der Waals surface area (Å²) in [4.78, 5) is 11.6. The van der Waals surface area contributed by atoms with E-state index in [1.165, 1.54) is 7.11 Å². The average molecular weight is 255 g/mol. The Hall–Kier alpha value is -1.56. The summed E-state index contributed by atoms with van der Waals surface area (Å²) < 4.78 is 11.4. The molecule has 1 aromatic rings. The number of hydrogen-bond donors (Lipinski definition) is 1. The molecule has 0 unspecified atom stereocenters. The Morgan fingerprint density at radius 1 is 1.44 bits per heavy atom. The molecule has 1 rings (SSSR count). The van der Waals surface area contributed by atoms with Crippen LogP contribution in [0.25, 0.3) is 0 Å². The van der Waals surface area contributed by atoms with Crippen LogP contribution in [-0.2, 0) is 22.4 Å². The average Bonchev–Trinajstić information content (AvgIpc) is 2.70. The summed E-state index contributed by atoms with van der Waals surface area (Å²) in [5.74, 6) is 0.0731. The number of unbranched alkanes of at least 4 members (excludes halogenated alkanes) is 1. The lowest BCUT2D eigenvalue weighted by molar-refractivity contribution is 0.0591. The van der Waals surface area contributed by atoms with Gasteiger partial charge in [-0.3, -0.25) is 0 Å². The zero-order chi connectivity index (χ0) is 13.5. The molecule has 0 aliphatic rings. The van der Waals surface area contributed by atoms with Gasteiger partial charge >= 0.3 is 5.97 Å². The second-order valence-corrected chi connectivity index (χ2v) is 4.02. The molecule has 0 saturated heterocycles. The van der Waals surface area contributed by atoms with Gasteiger partial charge in [-0.1, -0.05) is 13.3 Å². The second kappa shape index (κ2) is 7.00. The number of nitrogens with zero attached hydrogens (tertiary/aromatic N) is 2. The van der Waals surface area contributed by atoms with E-state index < -0.39 is 5.97 Å². The Morgan fingerprint density at radius 2 is 2.17 bits per heavy atom. The van der Waals surface area contributed by atoms with Crippen LogP contribution in [0.15, 0.2) is 0 Å². The number of nitrogens with two attached hydrogens (primary N) is 1. The monoisotopic (exact) mass is 255 g/mol. The Morgan fingerprint density at radius 3 is 2.72 bits per heavy atom. The van der Waals surface area contributed by atoms with Crippen LogP contribution in [0.3, 0.4) is 0 Å². The van der Waals surface area contributed by atoms with Gasteiger partial charge in [-0.05, 0) is 6.42 Å². The van der Waals surface area contributed by atoms with E-state index in [1.807, 2.05) is 0 Å². The summed E-state index contributed by atoms with van der Waals surface area (Å²) in [6, 6.07) is 0. The van der Waals surface area contributed by atoms with Crippen molar-refractivity contribution < 1.29 is 14.3 Å². The highest BCUT2D eigenvalue weighted by atomic mass is 16.5. The van der Waals surface area contributed by atoms with E-state index in [-0.39, 0.29) is 0 Å². The molecule has 0 saturated carbocycles. The third-order valence-electron chi connectivity index (χ3n) is 2.75. The van der Waals surface area contributed by atoms with Gasteiger partial charge in [0.2, 0.25) is 0 Å². The van der Waals surface area contributed by atoms with Gasteiger partial charge in [0.15, 0.2) is 5.69 Å². The minimum absolute atomic E-state index is 0.295. The van der Waals surface area contributed by atoms with Crippen molar-refractivity contribution in [3.05, 3.63) is 11.3 Å². The minimum Gasteiger partial charge on any atom is -0.464 e. The molecule has 0 aromatic carbocycles. The minimum atomic E-state index is -0.456. The summed E-state index contributed by atoms with van der Waals surface area (Å²) in [5.41, 5.74) is 7.02. The summed E-state index contributed by atoms with van der Waals surface area (Å²) in [5, 5.41) is 4.23. The van der Waals surface area contributed by atoms with Crippen LogP contribution in [0.2, 0.25) is 0 Å². The molecule has 0 amide bonds. The third kappa shape index (κ3) is 3.22. The van der Waals surface area contributed by atoms with E-state index in [0.717, 1.165) is 12.8 Å². The van der Waals surface area contributed by atoms with Crippen LogP contribution in [0.5, 0.6) is 0 Å². The van der Waals surface area contributed by atoms with Crippen molar-refractivity contribution in [2.75, 3.05) is 26.6 Å². The molecule has 0 aliphatic heterocycles. The standard InChI is InChI=1S/C12H21N3O3/c1-4-5-7-15-11(13)9(6-8-17-2)10(14-15)12(16)18-3/h4-8,13H2,1-3H3. The van der Waals surface area contributed by atoms with Gasteiger partial charge in [-0.15, -0.1) is 0 Å². The van der Waals surface area contributed by atoms with E-state index in [1.54, 1.807) is 11.8 Å². The van der Waals surface area contributed by atoms with Crippen molar-refractivity contribution in [3.63, 3.8) is 0 Å². The second-order valence-electron chi connectivity index (χ2n) is 4.02. The summed E-state index contributed by atoms with van der Waals surface area (Å²) >= 11 is 0. The number of aryl methyl sites for hydroxylation is 1. The Balaban J connectivity index is 3.01. The molecule has 0 fully saturated rings. The normalized spacial score (nSPS) is 10.6. The predicted octanol–water partition coefficient (Wildman–Crippen LogP) is 1.24. The van der Waals surface area contributed by atoms with E-state index in [2.05, 4.69) is 12.0 Å². The van der Waals surface area contributed by atoms with Gasteiger partial charge in [0, 0.05) is 25.6 Å². The zero-order valence-electron chi connectivity index (χ0n) is 11.2. The SMILES string of the molecule is CCCCn1nc(C(=O)OC)c(CCOC)c1N. The lowest BCUT2D eigenvalue weighted by Crippen LogP contribution is -2.07. The van der Waals surface area contributed by atoms with Crippen LogP contribution < -0.4 is 5.73 Å². The number of ether oxygens (including phenoxy) is 2. The molecular formula is C12H21N3O3. The molecule has 1 heterocycles. The molecule has 0 radical (unpaired) electrons. The van der Waals surface area contributed by atoms with Crippen LogP contribution in [-0.4, -0.2) is 36.6 Å². The molecule has 1 aromatic heterocycles. The Kier molecular flexibility index (Phi) is 5.64. The van der Waals surface area contributed by atoms with E-state index >= 15 is 0 Å². The van der Waals surface area contributed by atoms with Crippen molar-refractivity contribution in [1.82, 2.24) is 9.78 Å². The first-order valence-electron chi connectivity index (χ1n) is 6.08. The highest BCUT2D eigenvalue weighted by Gasteiger charge is 2.21. The van der Waals surface area contributed by atoms with Crippen molar-refractivity contribution in [1.29, 1.82) is 0 Å². The molecule has 0 bridgehead atoms. The van der Waals surface area contributed by atoms with Gasteiger partial charge in [-0.25, -0.2) is 9.48 Å². The number of anilines is 1. The van der Waals surface area contributed by atoms with Crippen molar-refractivity contribution >= 4 is 11.8 Å². The highest BCUT2D eigenvalue weighted by Crippen LogP contribution is 2.19. The third-order valence-corrected chi connectivity index (χ3v) is 2.75. The molecule has 2 N–H and O–H groups in total. The number of aromatic nitrogens is 2. The first-order valence-corrected chi connectivity index (χ1v) is 6.08. The van der Waals surface area contributed by atoms with E-state index in [0.29, 0.717) is 36.6 Å². The maximum atomic E-state index is 11.6. The smallest absolute Gasteiger partial charge is 0.358 e. The maximum Gasteiger partial charge on any atom is 0.358 e. The fraction of sp³-hybridized carbons (Fsp3) is 0.667. The van der Waals surface area contributed by atoms with Crippen LogP contribution >= 0.6 is 0 Å². The maximum absolute atomic E-state index is 11.6. The molecule has 18 heavy (non-hydrogen) atoms. The van der Waals surface area contributed by atoms with Crippen LogP contribution in [0, 0.1) is 0 Å². The number of carbonyl (C=O) groups excluding carboxylic acids is 1. The molecule has 0 atom stereocenters. The number of carbonyl (C=O) groups is 1. The van der Waals surface area contributed by atoms with Gasteiger partial charge in [-0.2, -0.15) is 5.10 Å². The number of nitrogen functional groups attached to an aromatic ring is 1. The lowest BCUT2D eigenvalue weighted by Gasteiger charge is -2.03. The lowest BCUT2D eigenvalue weighted by atomic mass is 10.1. The fourth-order valence-electron chi connectivity index (χ4n) is 1.70. The molecule has 0 aliphatic carbocycles. The van der Waals surface area contributed by atoms with E-state index in [4.69, 9.17) is 15.2 Å². The van der Waals surface area contributed by atoms with Gasteiger partial charge in [0.1, 0.15) is 5.82 Å². The van der Waals surface area contributed by atoms with Gasteiger partial charge in [0.05, 0.1) is 13.7 Å². The highest BCUT2D eigenvalue weighted by molar-refractivity contribution is 5.90. The number of esters is 1. The van der Waals surface area contributed by atoms with Crippen LogP contribution in [0.4, 0.5) is 5.82 Å². The molecular weight excluding hydrogens is 234 g/mol. The first kappa shape index (κ1) is 14.5. The van der Waals surface area contributed by atoms with Crippen molar-refractivity contribution in [2.45, 2.75) is 32.7 Å². The summed E-state index contributed by atoms with van der Waals surface area (Å²) in [7, 11) is 2.94. The summed E-state index contributed by atoms with van der Waals surface area (Å²) in [6.07, 6.45) is 2.56. The number of hydrogen-bond acceptors (Lipinski definition) is 5. The van der Waals surface area contributed by atoms with Gasteiger partial charge in [0.25, 0.3) is 0 Å². The largest absolute Gasteiger partial charge is 0.464 e. The molecule has 0 spiro atoms. The van der Waals surface area contributed by atoms with E-state index in [9.17, 15) is 4.79 Å². The summed E-state index contributed by atoms with van der Waals surface area (Å²) in [6.45, 7) is 3.29. The predicted molar refractivity (Wildman–Crippen MR) is 68.5 cm³/mol. The molecule has 102 valence electrons. The quantitative estimate of drug-likeness (QED) is 0.741. The molecule has 6 nitrogen and oxygen atoms in total. The Labute approximate surface area is 107 Å². The van der Waals surface area contributed by atoms with Gasteiger partial charge < -0.3 is 15.2 Å². The number of methoxy groups -OCH3 is 2. The zero-order valence-corrected chi connectivity index (χ0v) is 11.2. The molecule has 6 heteroatoms. The van der Waals surface area contributed by atoms with Crippen molar-refractivity contribution in [3.8, 4) is 0 Å². The van der Waals surface area contributed by atoms with Crippen molar-refractivity contribution in [2.24, 2.45) is 0 Å². The first-order chi connectivity index (χ1) is 8.65. The number of rotatable bonds is 7. The Bertz CT molecular complexity index is 402.